The van der Waals surface area contributed by atoms with Crippen LogP contribution in [-0.2, 0) is 6.54 Å². The van der Waals surface area contributed by atoms with Crippen molar-refractivity contribution in [2.24, 2.45) is 0 Å². The van der Waals surface area contributed by atoms with E-state index in [9.17, 15) is 4.79 Å². The second-order valence-electron chi connectivity index (χ2n) is 7.95. The second kappa shape index (κ2) is 8.22. The Morgan fingerprint density at radius 2 is 1.63 bits per heavy atom. The maximum atomic E-state index is 12.3. The van der Waals surface area contributed by atoms with Crippen molar-refractivity contribution < 1.29 is 0 Å². The van der Waals surface area contributed by atoms with Gasteiger partial charge in [0.2, 0.25) is 0 Å². The van der Waals surface area contributed by atoms with E-state index in [4.69, 9.17) is 0 Å². The third kappa shape index (κ3) is 3.90. The lowest BCUT2D eigenvalue weighted by Gasteiger charge is -2.36. The van der Waals surface area contributed by atoms with Crippen LogP contribution in [0.2, 0.25) is 0 Å². The quantitative estimate of drug-likeness (QED) is 0.645. The van der Waals surface area contributed by atoms with Gasteiger partial charge in [0.15, 0.2) is 0 Å². The van der Waals surface area contributed by atoms with E-state index in [0.717, 1.165) is 43.4 Å². The summed E-state index contributed by atoms with van der Waals surface area (Å²) in [6.45, 7) is 3.85. The zero-order chi connectivity index (χ0) is 20.3. The number of anilines is 2. The molecule has 0 bridgehead atoms. The van der Waals surface area contributed by atoms with Gasteiger partial charge in [0, 0.05) is 62.3 Å². The van der Waals surface area contributed by atoms with Crippen LogP contribution in [0.5, 0.6) is 0 Å². The number of hydrogen-bond donors (Lipinski definition) is 0. The summed E-state index contributed by atoms with van der Waals surface area (Å²) in [7, 11) is 0. The molecule has 5 rings (SSSR count). The maximum absolute atomic E-state index is 12.3. The van der Waals surface area contributed by atoms with Gasteiger partial charge in [-0.15, -0.1) is 0 Å². The van der Waals surface area contributed by atoms with Crippen molar-refractivity contribution in [2.45, 2.75) is 31.7 Å². The highest BCUT2D eigenvalue weighted by molar-refractivity contribution is 5.45. The van der Waals surface area contributed by atoms with Gasteiger partial charge in [-0.1, -0.05) is 6.42 Å². The molecule has 1 saturated heterocycles. The zero-order valence-electron chi connectivity index (χ0n) is 16.9. The van der Waals surface area contributed by atoms with Gasteiger partial charge in [-0.2, -0.15) is 5.10 Å². The van der Waals surface area contributed by atoms with E-state index < -0.39 is 0 Å². The average molecular weight is 403 g/mol. The van der Waals surface area contributed by atoms with Crippen LogP contribution in [0.3, 0.4) is 0 Å². The Balaban J connectivity index is 1.26. The molecular weight excluding hydrogens is 378 g/mol. The fourth-order valence-electron chi connectivity index (χ4n) is 4.01. The largest absolute Gasteiger partial charge is 0.353 e. The normalized spacial score (nSPS) is 17.1. The fourth-order valence-corrected chi connectivity index (χ4v) is 4.01. The Labute approximate surface area is 175 Å². The minimum Gasteiger partial charge on any atom is -0.353 e. The first-order valence-corrected chi connectivity index (χ1v) is 10.6. The molecule has 30 heavy (non-hydrogen) atoms. The van der Waals surface area contributed by atoms with Gasteiger partial charge in [0.05, 0.1) is 6.54 Å². The van der Waals surface area contributed by atoms with E-state index in [1.807, 2.05) is 18.2 Å². The number of pyridine rings is 1. The van der Waals surface area contributed by atoms with Crippen LogP contribution in [0.25, 0.3) is 0 Å². The minimum atomic E-state index is -0.0984. The molecule has 154 valence electrons. The van der Waals surface area contributed by atoms with Gasteiger partial charge in [0.1, 0.15) is 18.0 Å². The highest BCUT2D eigenvalue weighted by atomic mass is 16.1. The Kier molecular flexibility index (Phi) is 5.13. The molecule has 8 heteroatoms. The van der Waals surface area contributed by atoms with Gasteiger partial charge in [0.25, 0.3) is 5.56 Å². The molecule has 3 aromatic heterocycles. The van der Waals surface area contributed by atoms with Crippen molar-refractivity contribution in [3.63, 3.8) is 0 Å². The first-order chi connectivity index (χ1) is 14.8. The molecule has 0 unspecified atom stereocenters. The lowest BCUT2D eigenvalue weighted by Crippen LogP contribution is -2.47. The lowest BCUT2D eigenvalue weighted by atomic mass is 9.83. The molecular formula is C22H25N7O. The third-order valence-electron chi connectivity index (χ3n) is 6.06. The molecule has 0 radical (unpaired) electrons. The number of aromatic nitrogens is 5. The van der Waals surface area contributed by atoms with Crippen molar-refractivity contribution in [3.8, 4) is 0 Å². The summed E-state index contributed by atoms with van der Waals surface area (Å²) in [5.41, 5.74) is 2.09. The minimum absolute atomic E-state index is 0.0984. The molecule has 1 aliphatic carbocycles. The molecule has 2 fully saturated rings. The predicted molar refractivity (Wildman–Crippen MR) is 115 cm³/mol. The number of hydrogen-bond acceptors (Lipinski definition) is 7. The topological polar surface area (TPSA) is 80.0 Å². The standard InChI is InChI=1S/C22H25N7O/c30-22-5-4-20(26-29(22)15-17-6-8-23-9-7-17)27-10-12-28(13-11-27)21-14-19(24-16-25-21)18-2-1-3-18/h4-9,14,16,18H,1-3,10-13,15H2. The van der Waals surface area contributed by atoms with Crippen molar-refractivity contribution in [2.75, 3.05) is 36.0 Å². The zero-order valence-corrected chi connectivity index (χ0v) is 16.9. The molecule has 0 aromatic carbocycles. The molecule has 0 spiro atoms. The molecule has 0 N–H and O–H groups in total. The van der Waals surface area contributed by atoms with E-state index in [1.54, 1.807) is 24.8 Å². The van der Waals surface area contributed by atoms with Crippen LogP contribution in [0, 0.1) is 0 Å². The van der Waals surface area contributed by atoms with Crippen LogP contribution in [-0.4, -0.2) is 50.9 Å². The first kappa shape index (κ1) is 18.7. The van der Waals surface area contributed by atoms with E-state index in [-0.39, 0.29) is 5.56 Å². The summed E-state index contributed by atoms with van der Waals surface area (Å²) in [6.07, 6.45) is 8.95. The van der Waals surface area contributed by atoms with E-state index in [1.165, 1.54) is 29.6 Å². The fraction of sp³-hybridized carbons (Fsp3) is 0.409. The predicted octanol–water partition coefficient (Wildman–Crippen LogP) is 2.07. The molecule has 4 heterocycles. The van der Waals surface area contributed by atoms with Crippen LogP contribution in [0.1, 0.15) is 36.4 Å². The average Bonchev–Trinajstić information content (AvgIpc) is 2.75. The summed E-state index contributed by atoms with van der Waals surface area (Å²) in [5.74, 6) is 2.46. The van der Waals surface area contributed by atoms with E-state index >= 15 is 0 Å². The number of nitrogens with zero attached hydrogens (tertiary/aromatic N) is 7. The van der Waals surface area contributed by atoms with Gasteiger partial charge >= 0.3 is 0 Å². The summed E-state index contributed by atoms with van der Waals surface area (Å²) >= 11 is 0. The van der Waals surface area contributed by atoms with Gasteiger partial charge in [-0.25, -0.2) is 14.6 Å². The Bertz CT molecular complexity index is 1060. The highest BCUT2D eigenvalue weighted by Crippen LogP contribution is 2.35. The highest BCUT2D eigenvalue weighted by Gasteiger charge is 2.24. The summed E-state index contributed by atoms with van der Waals surface area (Å²) in [4.78, 5) is 29.8. The Morgan fingerprint density at radius 1 is 0.900 bits per heavy atom. The van der Waals surface area contributed by atoms with Crippen LogP contribution >= 0.6 is 0 Å². The molecule has 1 aliphatic heterocycles. The molecule has 1 saturated carbocycles. The molecule has 0 atom stereocenters. The number of rotatable bonds is 5. The maximum Gasteiger partial charge on any atom is 0.267 e. The van der Waals surface area contributed by atoms with Crippen molar-refractivity contribution in [1.29, 1.82) is 0 Å². The second-order valence-corrected chi connectivity index (χ2v) is 7.95. The molecule has 8 nitrogen and oxygen atoms in total. The monoisotopic (exact) mass is 403 g/mol. The van der Waals surface area contributed by atoms with Crippen LogP contribution in [0.15, 0.2) is 53.8 Å². The van der Waals surface area contributed by atoms with Crippen molar-refractivity contribution in [1.82, 2.24) is 24.7 Å². The van der Waals surface area contributed by atoms with Gasteiger partial charge in [-0.3, -0.25) is 9.78 Å². The van der Waals surface area contributed by atoms with Crippen molar-refractivity contribution >= 4 is 11.6 Å². The molecule has 0 amide bonds. The summed E-state index contributed by atoms with van der Waals surface area (Å²) < 4.78 is 1.52. The number of piperazine rings is 1. The Hall–Kier alpha value is -3.29. The first-order valence-electron chi connectivity index (χ1n) is 10.6. The smallest absolute Gasteiger partial charge is 0.267 e. The van der Waals surface area contributed by atoms with Crippen LogP contribution in [0.4, 0.5) is 11.6 Å². The van der Waals surface area contributed by atoms with Crippen LogP contribution < -0.4 is 15.4 Å². The van der Waals surface area contributed by atoms with E-state index in [0.29, 0.717) is 12.5 Å². The van der Waals surface area contributed by atoms with E-state index in [2.05, 4.69) is 35.9 Å². The van der Waals surface area contributed by atoms with Crippen molar-refractivity contribution in [3.05, 3.63) is 70.7 Å². The summed E-state index contributed by atoms with van der Waals surface area (Å²) in [5, 5.41) is 4.61. The molecule has 3 aromatic rings. The SMILES string of the molecule is O=c1ccc(N2CCN(c3cc(C4CCC4)ncn3)CC2)nn1Cc1ccncc1. The van der Waals surface area contributed by atoms with Gasteiger partial charge in [-0.05, 0) is 36.6 Å². The Morgan fingerprint density at radius 3 is 2.33 bits per heavy atom. The van der Waals surface area contributed by atoms with Gasteiger partial charge < -0.3 is 9.80 Å². The third-order valence-corrected chi connectivity index (χ3v) is 6.06. The lowest BCUT2D eigenvalue weighted by molar-refractivity contribution is 0.410. The summed E-state index contributed by atoms with van der Waals surface area (Å²) in [6, 6.07) is 9.39. The molecule has 2 aliphatic rings.